The Balaban J connectivity index is 1.75. The molecular weight excluding hydrogens is 481 g/mol. The summed E-state index contributed by atoms with van der Waals surface area (Å²) in [7, 11) is 1.75. The highest BCUT2D eigenvalue weighted by molar-refractivity contribution is 6.31. The van der Waals surface area contributed by atoms with E-state index in [4.69, 9.17) is 16.7 Å². The largest absolute Gasteiger partial charge is 0.478 e. The summed E-state index contributed by atoms with van der Waals surface area (Å²) in [5, 5.41) is 9.57. The third-order valence-corrected chi connectivity index (χ3v) is 7.07. The first-order chi connectivity index (χ1) is 16.4. The van der Waals surface area contributed by atoms with Crippen LogP contribution in [0.5, 0.6) is 0 Å². The van der Waals surface area contributed by atoms with Gasteiger partial charge in [-0.2, -0.15) is 13.2 Å². The Kier molecular flexibility index (Phi) is 6.44. The molecule has 0 radical (unpaired) electrons. The minimum absolute atomic E-state index is 0.00807. The van der Waals surface area contributed by atoms with Crippen LogP contribution in [0.25, 0.3) is 0 Å². The lowest BCUT2D eigenvalue weighted by Gasteiger charge is -2.54. The van der Waals surface area contributed by atoms with Gasteiger partial charge in [0.05, 0.1) is 27.4 Å². The van der Waals surface area contributed by atoms with Crippen LogP contribution in [0, 0.1) is 0 Å². The van der Waals surface area contributed by atoms with Gasteiger partial charge in [-0.1, -0.05) is 48.0 Å². The van der Waals surface area contributed by atoms with Crippen molar-refractivity contribution in [3.05, 3.63) is 93.7 Å². The monoisotopic (exact) mass is 504 g/mol. The summed E-state index contributed by atoms with van der Waals surface area (Å²) in [5.74, 6) is -1.38. The van der Waals surface area contributed by atoms with E-state index in [-0.39, 0.29) is 30.0 Å². The highest BCUT2D eigenvalue weighted by atomic mass is 35.5. The molecule has 2 atom stereocenters. The topological polar surface area (TPSA) is 60.9 Å². The molecule has 1 fully saturated rings. The second kappa shape index (κ2) is 9.07. The number of hydrogen-bond donors (Lipinski definition) is 1. The summed E-state index contributed by atoms with van der Waals surface area (Å²) in [6.07, 6.45) is -0.351. The minimum atomic E-state index is -4.55. The lowest BCUT2D eigenvalue weighted by Crippen LogP contribution is -2.65. The fraction of sp³-hybridized carbons (Fsp3) is 0.308. The number of carboxylic acid groups (broad SMARTS) is 1. The van der Waals surface area contributed by atoms with Gasteiger partial charge in [0, 0.05) is 20.0 Å². The number of halogens is 4. The number of aromatic carboxylic acids is 1. The Bertz CT molecular complexity index is 1220. The van der Waals surface area contributed by atoms with E-state index in [1.807, 2.05) is 13.0 Å². The third-order valence-electron chi connectivity index (χ3n) is 6.76. The van der Waals surface area contributed by atoms with E-state index in [1.165, 1.54) is 35.2 Å². The minimum Gasteiger partial charge on any atom is -0.478 e. The van der Waals surface area contributed by atoms with Gasteiger partial charge in [0.2, 0.25) is 5.91 Å². The molecule has 1 heterocycles. The van der Waals surface area contributed by atoms with Gasteiger partial charge in [-0.15, -0.1) is 0 Å². The number of piperazine rings is 1. The zero-order chi connectivity index (χ0) is 25.5. The van der Waals surface area contributed by atoms with Crippen LogP contribution in [0.4, 0.5) is 13.2 Å². The van der Waals surface area contributed by atoms with Gasteiger partial charge < -0.3 is 14.9 Å². The summed E-state index contributed by atoms with van der Waals surface area (Å²) < 4.78 is 41.1. The number of carboxylic acids is 1. The molecule has 0 bridgehead atoms. The molecule has 2 aliphatic rings. The quantitative estimate of drug-likeness (QED) is 0.587. The number of amides is 1. The number of carbonyl (C=O) groups excluding carboxylic acids is 1. The first-order valence-electron chi connectivity index (χ1n) is 11.0. The molecule has 0 aromatic heterocycles. The second-order valence-electron chi connectivity index (χ2n) is 8.99. The summed E-state index contributed by atoms with van der Waals surface area (Å²) in [4.78, 5) is 28.3. The van der Waals surface area contributed by atoms with Crippen molar-refractivity contribution < 1.29 is 27.9 Å². The number of allylic oxidation sites excluding steroid dienone is 2. The molecule has 2 unspecified atom stereocenters. The normalized spacial score (nSPS) is 22.5. The molecule has 0 saturated carbocycles. The van der Waals surface area contributed by atoms with Crippen LogP contribution < -0.4 is 0 Å². The Labute approximate surface area is 206 Å². The zero-order valence-electron chi connectivity index (χ0n) is 19.1. The van der Waals surface area contributed by atoms with E-state index in [2.05, 4.69) is 0 Å². The van der Waals surface area contributed by atoms with Gasteiger partial charge in [-0.25, -0.2) is 4.79 Å². The second-order valence-corrected chi connectivity index (χ2v) is 9.40. The molecule has 1 saturated heterocycles. The first kappa shape index (κ1) is 24.9. The number of alkyl halides is 3. The van der Waals surface area contributed by atoms with Crippen LogP contribution in [0.1, 0.15) is 40.4 Å². The summed E-state index contributed by atoms with van der Waals surface area (Å²) in [6.45, 7) is 1.59. The van der Waals surface area contributed by atoms with Gasteiger partial charge in [0.15, 0.2) is 0 Å². The van der Waals surface area contributed by atoms with Crippen LogP contribution >= 0.6 is 11.6 Å². The van der Waals surface area contributed by atoms with Gasteiger partial charge in [-0.05, 0) is 48.7 Å². The molecule has 1 aliphatic heterocycles. The Morgan fingerprint density at radius 3 is 2.46 bits per heavy atom. The van der Waals surface area contributed by atoms with Crippen LogP contribution in [0.2, 0.25) is 0 Å². The van der Waals surface area contributed by atoms with Crippen molar-refractivity contribution in [1.29, 1.82) is 0 Å². The predicted molar refractivity (Wildman–Crippen MR) is 126 cm³/mol. The van der Waals surface area contributed by atoms with Crippen molar-refractivity contribution in [2.45, 2.75) is 44.1 Å². The molecule has 2 aromatic carbocycles. The standard InChI is InChI=1S/C26H24ClF3N2O3/c1-25-13-5-8-20(27)22(25)31(2)21(14-16-9-11-17(12-10-16)24(34)35)23(33)32(25)15-18-6-3-4-7-19(18)26(28,29)30/h3-12,21H,13-15H2,1-2H3,(H,34,35). The molecule has 4 rings (SSSR count). The highest BCUT2D eigenvalue weighted by Gasteiger charge is 2.51. The molecule has 1 aliphatic carbocycles. The van der Waals surface area contributed by atoms with E-state index >= 15 is 0 Å². The predicted octanol–water partition coefficient (Wildman–Crippen LogP) is 5.46. The average molecular weight is 505 g/mol. The third kappa shape index (κ3) is 4.55. The Morgan fingerprint density at radius 1 is 1.17 bits per heavy atom. The molecular formula is C26H24ClF3N2O3. The summed E-state index contributed by atoms with van der Waals surface area (Å²) in [6, 6.07) is 10.7. The fourth-order valence-corrected chi connectivity index (χ4v) is 5.37. The molecule has 0 spiro atoms. The van der Waals surface area contributed by atoms with Crippen molar-refractivity contribution >= 4 is 23.5 Å². The van der Waals surface area contributed by atoms with Gasteiger partial charge >= 0.3 is 12.1 Å². The molecule has 1 N–H and O–H groups in total. The first-order valence-corrected chi connectivity index (χ1v) is 11.4. The van der Waals surface area contributed by atoms with Crippen molar-refractivity contribution in [2.24, 2.45) is 0 Å². The SMILES string of the molecule is CN1C2=C(Cl)C=CCC2(C)N(Cc2ccccc2C(F)(F)F)C(=O)C1Cc1ccc(C(=O)O)cc1. The van der Waals surface area contributed by atoms with Gasteiger partial charge in [0.25, 0.3) is 0 Å². The Hall–Kier alpha value is -3.26. The maximum absolute atomic E-state index is 13.9. The number of carbonyl (C=O) groups is 2. The average Bonchev–Trinajstić information content (AvgIpc) is 2.79. The molecule has 2 aromatic rings. The lowest BCUT2D eigenvalue weighted by molar-refractivity contribution is -0.149. The number of rotatable bonds is 5. The fourth-order valence-electron chi connectivity index (χ4n) is 4.94. The van der Waals surface area contributed by atoms with Crippen molar-refractivity contribution in [1.82, 2.24) is 9.80 Å². The van der Waals surface area contributed by atoms with E-state index in [0.29, 0.717) is 17.2 Å². The number of nitrogens with zero attached hydrogens (tertiary/aromatic N) is 2. The molecule has 1 amide bonds. The number of fused-ring (bicyclic) bond motifs is 1. The van der Waals surface area contributed by atoms with Gasteiger partial charge in [-0.3, -0.25) is 4.79 Å². The van der Waals surface area contributed by atoms with E-state index < -0.39 is 29.3 Å². The smallest absolute Gasteiger partial charge is 0.416 e. The van der Waals surface area contributed by atoms with E-state index in [0.717, 1.165) is 11.6 Å². The van der Waals surface area contributed by atoms with E-state index in [9.17, 15) is 22.8 Å². The maximum atomic E-state index is 13.9. The van der Waals surface area contributed by atoms with Crippen molar-refractivity contribution in [3.8, 4) is 0 Å². The number of benzene rings is 2. The lowest BCUT2D eigenvalue weighted by atomic mass is 9.81. The molecule has 5 nitrogen and oxygen atoms in total. The van der Waals surface area contributed by atoms with Crippen LogP contribution in [-0.2, 0) is 23.9 Å². The van der Waals surface area contributed by atoms with E-state index in [1.54, 1.807) is 30.2 Å². The molecule has 184 valence electrons. The molecule has 35 heavy (non-hydrogen) atoms. The van der Waals surface area contributed by atoms with Crippen molar-refractivity contribution in [3.63, 3.8) is 0 Å². The van der Waals surface area contributed by atoms with Crippen molar-refractivity contribution in [2.75, 3.05) is 7.05 Å². The van der Waals surface area contributed by atoms with Crippen LogP contribution in [0.3, 0.4) is 0 Å². The van der Waals surface area contributed by atoms with Crippen LogP contribution in [0.15, 0.2) is 71.4 Å². The maximum Gasteiger partial charge on any atom is 0.416 e. The summed E-state index contributed by atoms with van der Waals surface area (Å²) in [5.41, 5.74) is -0.188. The summed E-state index contributed by atoms with van der Waals surface area (Å²) >= 11 is 6.59. The zero-order valence-corrected chi connectivity index (χ0v) is 19.9. The number of hydrogen-bond acceptors (Lipinski definition) is 3. The van der Waals surface area contributed by atoms with Crippen LogP contribution in [-0.4, -0.2) is 45.4 Å². The number of likely N-dealkylation sites (N-methyl/N-ethyl adjacent to an activating group) is 1. The Morgan fingerprint density at radius 2 is 1.83 bits per heavy atom. The van der Waals surface area contributed by atoms with Gasteiger partial charge in [0.1, 0.15) is 6.04 Å². The highest BCUT2D eigenvalue weighted by Crippen LogP contribution is 2.44. The molecule has 9 heteroatoms.